The molecule has 7 nitrogen and oxygen atoms in total. The van der Waals surface area contributed by atoms with Crippen molar-refractivity contribution in [2.45, 2.75) is 33.4 Å². The van der Waals surface area contributed by atoms with Crippen LogP contribution in [0, 0.1) is 13.8 Å². The fraction of sp³-hybridized carbons (Fsp3) is 0.333. The highest BCUT2D eigenvalue weighted by atomic mass is 16.2. The van der Waals surface area contributed by atoms with Crippen molar-refractivity contribution in [2.75, 3.05) is 6.54 Å². The van der Waals surface area contributed by atoms with Crippen molar-refractivity contribution in [3.05, 3.63) is 58.7 Å². The summed E-state index contributed by atoms with van der Waals surface area (Å²) in [6.45, 7) is 6.74. The molecule has 2 heterocycles. The van der Waals surface area contributed by atoms with E-state index in [1.807, 2.05) is 24.5 Å². The molecule has 3 rings (SSSR count). The summed E-state index contributed by atoms with van der Waals surface area (Å²) >= 11 is 0. The number of para-hydroxylation sites is 1. The third-order valence-electron chi connectivity index (χ3n) is 4.48. The number of imidazole rings is 1. The molecule has 0 aliphatic heterocycles. The normalized spacial score (nSPS) is 12.3. The Labute approximate surface area is 145 Å². The molecule has 0 aliphatic carbocycles. The molecule has 25 heavy (non-hydrogen) atoms. The number of hydrogen-bond acceptors (Lipinski definition) is 4. The van der Waals surface area contributed by atoms with Gasteiger partial charge in [0.25, 0.3) is 5.56 Å². The number of aryl methyl sites for hydroxylation is 1. The first-order valence-electron chi connectivity index (χ1n) is 8.21. The summed E-state index contributed by atoms with van der Waals surface area (Å²) in [5.74, 6) is -0.214. The second kappa shape index (κ2) is 6.88. The molecule has 130 valence electrons. The molecule has 0 fully saturated rings. The SMILES string of the molecule is Cc1ncn(CCNC(=O)[C@H](C)n2cnc3ccccc3c2=O)c1C. The predicted molar refractivity (Wildman–Crippen MR) is 95.4 cm³/mol. The molecule has 0 aliphatic rings. The standard InChI is InChI=1S/C18H21N5O2/c1-12-13(2)22(10-20-12)9-8-19-17(24)14(3)23-11-21-16-7-5-4-6-15(16)18(23)25/h4-7,10-11,14H,8-9H2,1-3H3,(H,19,24)/t14-/m0/s1. The van der Waals surface area contributed by atoms with E-state index < -0.39 is 6.04 Å². The van der Waals surface area contributed by atoms with Crippen LogP contribution in [0.3, 0.4) is 0 Å². The van der Waals surface area contributed by atoms with Crippen LogP contribution in [0.4, 0.5) is 0 Å². The van der Waals surface area contributed by atoms with Gasteiger partial charge >= 0.3 is 0 Å². The van der Waals surface area contributed by atoms with E-state index in [1.165, 1.54) is 10.9 Å². The fourth-order valence-electron chi connectivity index (χ4n) is 2.70. The van der Waals surface area contributed by atoms with Gasteiger partial charge in [-0.15, -0.1) is 0 Å². The maximum Gasteiger partial charge on any atom is 0.261 e. The van der Waals surface area contributed by atoms with Gasteiger partial charge in [-0.1, -0.05) is 12.1 Å². The molecular weight excluding hydrogens is 318 g/mol. The first-order valence-corrected chi connectivity index (χ1v) is 8.21. The van der Waals surface area contributed by atoms with Crippen LogP contribution in [-0.2, 0) is 11.3 Å². The largest absolute Gasteiger partial charge is 0.353 e. The molecule has 0 saturated carbocycles. The van der Waals surface area contributed by atoms with Crippen LogP contribution in [0.25, 0.3) is 10.9 Å². The highest BCUT2D eigenvalue weighted by molar-refractivity contribution is 5.81. The summed E-state index contributed by atoms with van der Waals surface area (Å²) in [5, 5.41) is 3.37. The molecule has 1 aromatic carbocycles. The number of nitrogens with one attached hydrogen (secondary N) is 1. The van der Waals surface area contributed by atoms with Crippen LogP contribution in [0.1, 0.15) is 24.4 Å². The Hall–Kier alpha value is -2.96. The average Bonchev–Trinajstić information content (AvgIpc) is 2.94. The number of benzene rings is 1. The molecule has 0 saturated heterocycles. The Bertz CT molecular complexity index is 973. The molecule has 0 radical (unpaired) electrons. The van der Waals surface area contributed by atoms with Gasteiger partial charge in [0.15, 0.2) is 0 Å². The molecule has 7 heteroatoms. The zero-order valence-electron chi connectivity index (χ0n) is 14.6. The second-order valence-corrected chi connectivity index (χ2v) is 6.05. The third kappa shape index (κ3) is 3.31. The number of aromatic nitrogens is 4. The monoisotopic (exact) mass is 339 g/mol. The van der Waals surface area contributed by atoms with Crippen molar-refractivity contribution in [1.29, 1.82) is 0 Å². The van der Waals surface area contributed by atoms with E-state index in [0.717, 1.165) is 11.4 Å². The molecule has 0 bridgehead atoms. The molecule has 1 N–H and O–H groups in total. The Balaban J connectivity index is 1.69. The molecule has 3 aromatic rings. The van der Waals surface area contributed by atoms with E-state index in [-0.39, 0.29) is 11.5 Å². The number of carbonyl (C=O) groups is 1. The van der Waals surface area contributed by atoms with Crippen molar-refractivity contribution >= 4 is 16.8 Å². The topological polar surface area (TPSA) is 81.8 Å². The summed E-state index contributed by atoms with van der Waals surface area (Å²) in [7, 11) is 0. The van der Waals surface area contributed by atoms with Gasteiger partial charge in [0.2, 0.25) is 5.91 Å². The van der Waals surface area contributed by atoms with Crippen molar-refractivity contribution in [3.63, 3.8) is 0 Å². The Kier molecular flexibility index (Phi) is 4.65. The van der Waals surface area contributed by atoms with Gasteiger partial charge in [-0.2, -0.15) is 0 Å². The highest BCUT2D eigenvalue weighted by Gasteiger charge is 2.17. The van der Waals surface area contributed by atoms with Crippen LogP contribution >= 0.6 is 0 Å². The van der Waals surface area contributed by atoms with Crippen molar-refractivity contribution in [1.82, 2.24) is 24.4 Å². The van der Waals surface area contributed by atoms with Crippen LogP contribution < -0.4 is 10.9 Å². The molecule has 2 aromatic heterocycles. The lowest BCUT2D eigenvalue weighted by Gasteiger charge is -2.15. The molecule has 0 spiro atoms. The lowest BCUT2D eigenvalue weighted by atomic mass is 10.2. The number of fused-ring (bicyclic) bond motifs is 1. The predicted octanol–water partition coefficient (Wildman–Crippen LogP) is 1.59. The van der Waals surface area contributed by atoms with Crippen molar-refractivity contribution in [3.8, 4) is 0 Å². The minimum Gasteiger partial charge on any atom is -0.353 e. The first kappa shape index (κ1) is 16.9. The van der Waals surface area contributed by atoms with E-state index in [0.29, 0.717) is 24.0 Å². The summed E-state index contributed by atoms with van der Waals surface area (Å²) in [5.41, 5.74) is 2.47. The number of rotatable bonds is 5. The summed E-state index contributed by atoms with van der Waals surface area (Å²) < 4.78 is 3.36. The van der Waals surface area contributed by atoms with Crippen LogP contribution in [0.2, 0.25) is 0 Å². The molecule has 1 amide bonds. The van der Waals surface area contributed by atoms with Crippen LogP contribution in [0.15, 0.2) is 41.7 Å². The van der Waals surface area contributed by atoms with Crippen molar-refractivity contribution < 1.29 is 4.79 Å². The van der Waals surface area contributed by atoms with Gasteiger partial charge < -0.3 is 9.88 Å². The van der Waals surface area contributed by atoms with E-state index in [2.05, 4.69) is 15.3 Å². The minimum absolute atomic E-state index is 0.214. The van der Waals surface area contributed by atoms with E-state index in [1.54, 1.807) is 31.5 Å². The maximum absolute atomic E-state index is 12.5. The van der Waals surface area contributed by atoms with Crippen LogP contribution in [-0.4, -0.2) is 31.6 Å². The number of hydrogen-bond donors (Lipinski definition) is 1. The Morgan fingerprint density at radius 3 is 2.68 bits per heavy atom. The van der Waals surface area contributed by atoms with Gasteiger partial charge in [-0.25, -0.2) is 9.97 Å². The number of amides is 1. The Morgan fingerprint density at radius 2 is 1.96 bits per heavy atom. The lowest BCUT2D eigenvalue weighted by molar-refractivity contribution is -0.123. The molecular formula is C18H21N5O2. The third-order valence-corrected chi connectivity index (χ3v) is 4.48. The zero-order valence-corrected chi connectivity index (χ0v) is 14.6. The van der Waals surface area contributed by atoms with Gasteiger partial charge in [0, 0.05) is 18.8 Å². The number of nitrogens with zero attached hydrogens (tertiary/aromatic N) is 4. The highest BCUT2D eigenvalue weighted by Crippen LogP contribution is 2.08. The Morgan fingerprint density at radius 1 is 1.20 bits per heavy atom. The van der Waals surface area contributed by atoms with Gasteiger partial charge in [0.05, 0.1) is 29.3 Å². The maximum atomic E-state index is 12.5. The van der Waals surface area contributed by atoms with E-state index >= 15 is 0 Å². The average molecular weight is 339 g/mol. The fourth-order valence-corrected chi connectivity index (χ4v) is 2.70. The van der Waals surface area contributed by atoms with Gasteiger partial charge in [0.1, 0.15) is 6.04 Å². The lowest BCUT2D eigenvalue weighted by Crippen LogP contribution is -2.37. The zero-order chi connectivity index (χ0) is 18.0. The molecule has 1 atom stereocenters. The smallest absolute Gasteiger partial charge is 0.261 e. The summed E-state index contributed by atoms with van der Waals surface area (Å²) in [4.78, 5) is 33.4. The van der Waals surface area contributed by atoms with E-state index in [4.69, 9.17) is 0 Å². The van der Waals surface area contributed by atoms with Gasteiger partial charge in [-0.3, -0.25) is 14.2 Å². The minimum atomic E-state index is -0.629. The van der Waals surface area contributed by atoms with E-state index in [9.17, 15) is 9.59 Å². The first-order chi connectivity index (χ1) is 12.0. The van der Waals surface area contributed by atoms with Crippen LogP contribution in [0.5, 0.6) is 0 Å². The summed E-state index contributed by atoms with van der Waals surface area (Å²) in [6, 6.07) is 6.48. The quantitative estimate of drug-likeness (QED) is 0.765. The van der Waals surface area contributed by atoms with Crippen molar-refractivity contribution in [2.24, 2.45) is 0 Å². The van der Waals surface area contributed by atoms with Gasteiger partial charge in [-0.05, 0) is 32.9 Å². The number of carbonyl (C=O) groups excluding carboxylic acids is 1. The molecule has 0 unspecified atom stereocenters. The summed E-state index contributed by atoms with van der Waals surface area (Å²) in [6.07, 6.45) is 3.19. The second-order valence-electron chi connectivity index (χ2n) is 6.05.